The topological polar surface area (TPSA) is 34.1 Å². The van der Waals surface area contributed by atoms with Crippen molar-refractivity contribution >= 4 is 11.6 Å². The maximum Gasteiger partial charge on any atom is 0.335 e. The summed E-state index contributed by atoms with van der Waals surface area (Å²) in [5.74, 6) is 0. The molecule has 0 atom stereocenters. The van der Waals surface area contributed by atoms with Crippen molar-refractivity contribution in [2.24, 2.45) is 0 Å². The predicted octanol–water partition coefficient (Wildman–Crippen LogP) is -0.673. The van der Waals surface area contributed by atoms with Crippen LogP contribution in [0.1, 0.15) is 0 Å². The molecule has 0 heterocycles. The first-order valence-corrected chi connectivity index (χ1v) is 1.00. The van der Waals surface area contributed by atoms with Gasteiger partial charge in [0.25, 0.3) is 0 Å². The van der Waals surface area contributed by atoms with Crippen molar-refractivity contribution in [1.82, 2.24) is 0 Å². The van der Waals surface area contributed by atoms with E-state index in [2.05, 4.69) is 0 Å². The van der Waals surface area contributed by atoms with E-state index >= 15 is 0 Å². The Morgan fingerprint density at radius 1 is 1.25 bits per heavy atom. The second-order valence-electron chi connectivity index (χ2n) is 0.0680. The molecule has 0 saturated carbocycles. The molecule has 0 radical (unpaired) electrons. The van der Waals surface area contributed by atoms with Gasteiger partial charge in [0.1, 0.15) is 0 Å². The largest absolute Gasteiger partial charge is 0.335 e. The molecule has 0 aliphatic heterocycles. The van der Waals surface area contributed by atoms with Gasteiger partial charge in [0, 0.05) is 17.4 Å². The van der Waals surface area contributed by atoms with Gasteiger partial charge in [0.2, 0.25) is 0 Å². The average molecular weight is 116 g/mol. The molecular weight excluding hydrogens is 116 g/mol. The van der Waals surface area contributed by atoms with Gasteiger partial charge in [-0.05, 0) is 0 Å². The first kappa shape index (κ1) is 8.84. The third kappa shape index (κ3) is 34.6. The van der Waals surface area contributed by atoms with Crippen molar-refractivity contribution in [2.45, 2.75) is 0 Å². The molecule has 0 unspecified atom stereocenters. The van der Waals surface area contributed by atoms with E-state index in [-0.39, 0.29) is 17.4 Å². The standard InChI is InChI=1S/Cr.O2S/c;1-3-2. The van der Waals surface area contributed by atoms with Crippen LogP contribution >= 0.6 is 0 Å². The average Bonchev–Trinajstić information content (AvgIpc) is 0.918. The van der Waals surface area contributed by atoms with E-state index in [9.17, 15) is 0 Å². The Balaban J connectivity index is 0. The first-order chi connectivity index (χ1) is 1.41. The Kier molecular flexibility index (Phi) is 22.4. The zero-order chi connectivity index (χ0) is 2.71. The molecule has 0 aromatic heterocycles. The van der Waals surface area contributed by atoms with E-state index in [0.717, 1.165) is 0 Å². The fourth-order valence-corrected chi connectivity index (χ4v) is 0. The summed E-state index contributed by atoms with van der Waals surface area (Å²) >= 11 is -0.750. The van der Waals surface area contributed by atoms with Gasteiger partial charge in [-0.2, -0.15) is 8.42 Å². The minimum absolute atomic E-state index is 0. The first-order valence-electron chi connectivity index (χ1n) is 0.333. The van der Waals surface area contributed by atoms with Crippen LogP contribution in [0.2, 0.25) is 0 Å². The summed E-state index contributed by atoms with van der Waals surface area (Å²) < 4.78 is 16.6. The molecule has 0 spiro atoms. The molecule has 0 saturated heterocycles. The Morgan fingerprint density at radius 2 is 1.25 bits per heavy atom. The number of rotatable bonds is 0. The van der Waals surface area contributed by atoms with Crippen molar-refractivity contribution in [1.29, 1.82) is 0 Å². The molecule has 0 rings (SSSR count). The van der Waals surface area contributed by atoms with E-state index in [0.29, 0.717) is 0 Å². The molecule has 0 aromatic carbocycles. The Bertz CT molecular complexity index is 27.0. The molecule has 4 heteroatoms. The summed E-state index contributed by atoms with van der Waals surface area (Å²) in [6.45, 7) is 0. The van der Waals surface area contributed by atoms with Gasteiger partial charge in [-0.3, -0.25) is 0 Å². The van der Waals surface area contributed by atoms with Crippen molar-refractivity contribution in [3.63, 3.8) is 0 Å². The molecule has 2 nitrogen and oxygen atoms in total. The van der Waals surface area contributed by atoms with Gasteiger partial charge in [-0.1, -0.05) is 0 Å². The van der Waals surface area contributed by atoms with Gasteiger partial charge in [0.05, 0.1) is 0 Å². The van der Waals surface area contributed by atoms with Crippen LogP contribution in [0.25, 0.3) is 0 Å². The Hall–Kier alpha value is 0.352. The normalized spacial score (nSPS) is 3.00. The molecule has 0 aliphatic carbocycles. The van der Waals surface area contributed by atoms with Crippen LogP contribution in [0, 0.1) is 0 Å². The zero-order valence-electron chi connectivity index (χ0n) is 1.63. The third-order valence-corrected chi connectivity index (χ3v) is 0. The Labute approximate surface area is 37.9 Å². The van der Waals surface area contributed by atoms with Crippen LogP contribution < -0.4 is 0 Å². The summed E-state index contributed by atoms with van der Waals surface area (Å²) in [5.41, 5.74) is 0. The predicted molar refractivity (Wildman–Crippen MR) is 8.92 cm³/mol. The summed E-state index contributed by atoms with van der Waals surface area (Å²) in [6.07, 6.45) is 0. The van der Waals surface area contributed by atoms with Gasteiger partial charge in [-0.15, -0.1) is 0 Å². The van der Waals surface area contributed by atoms with Crippen LogP contribution in [-0.4, -0.2) is 8.42 Å². The molecule has 24 valence electrons. The van der Waals surface area contributed by atoms with E-state index in [4.69, 9.17) is 8.42 Å². The number of hydrogen-bond acceptors (Lipinski definition) is 2. The molecule has 0 aromatic rings. The second kappa shape index (κ2) is 10.1. The van der Waals surface area contributed by atoms with Crippen molar-refractivity contribution in [3.05, 3.63) is 0 Å². The molecular formula is CrO2S. The van der Waals surface area contributed by atoms with Crippen molar-refractivity contribution in [2.75, 3.05) is 0 Å². The van der Waals surface area contributed by atoms with Gasteiger partial charge < -0.3 is 0 Å². The van der Waals surface area contributed by atoms with E-state index < -0.39 is 11.6 Å². The molecule has 4 heavy (non-hydrogen) atoms. The van der Waals surface area contributed by atoms with Crippen LogP contribution in [0.3, 0.4) is 0 Å². The van der Waals surface area contributed by atoms with Crippen molar-refractivity contribution in [3.8, 4) is 0 Å². The van der Waals surface area contributed by atoms with E-state index in [1.165, 1.54) is 0 Å². The van der Waals surface area contributed by atoms with Gasteiger partial charge in [0.15, 0.2) is 0 Å². The van der Waals surface area contributed by atoms with Crippen LogP contribution in [0.15, 0.2) is 0 Å². The van der Waals surface area contributed by atoms with Gasteiger partial charge >= 0.3 is 11.6 Å². The summed E-state index contributed by atoms with van der Waals surface area (Å²) in [6, 6.07) is 0. The molecule has 0 aliphatic rings. The zero-order valence-corrected chi connectivity index (χ0v) is 3.72. The van der Waals surface area contributed by atoms with Crippen molar-refractivity contribution < 1.29 is 25.8 Å². The fourth-order valence-electron chi connectivity index (χ4n) is 0. The molecule has 0 bridgehead atoms. The summed E-state index contributed by atoms with van der Waals surface area (Å²) in [5, 5.41) is 0. The quantitative estimate of drug-likeness (QED) is 0.420. The van der Waals surface area contributed by atoms with Crippen LogP contribution in [-0.2, 0) is 28.9 Å². The fraction of sp³-hybridized carbons (Fsp3) is 0. The second-order valence-corrected chi connectivity index (χ2v) is 0.204. The van der Waals surface area contributed by atoms with E-state index in [1.807, 2.05) is 0 Å². The Morgan fingerprint density at radius 3 is 1.25 bits per heavy atom. The minimum atomic E-state index is -0.750. The maximum atomic E-state index is 8.29. The van der Waals surface area contributed by atoms with Gasteiger partial charge in [-0.25, -0.2) is 0 Å². The van der Waals surface area contributed by atoms with Crippen LogP contribution in [0.5, 0.6) is 0 Å². The SMILES string of the molecule is O=S=O.[Cr]. The monoisotopic (exact) mass is 116 g/mol. The summed E-state index contributed by atoms with van der Waals surface area (Å²) in [7, 11) is 0. The smallest absolute Gasteiger partial charge is 0.168 e. The van der Waals surface area contributed by atoms with E-state index in [1.54, 1.807) is 0 Å². The summed E-state index contributed by atoms with van der Waals surface area (Å²) in [4.78, 5) is 0. The third-order valence-electron chi connectivity index (χ3n) is 0. The molecule has 0 fully saturated rings. The number of hydrogen-bond donors (Lipinski definition) is 0. The molecule has 0 N–H and O–H groups in total. The molecule has 0 amide bonds. The van der Waals surface area contributed by atoms with Crippen LogP contribution in [0.4, 0.5) is 0 Å². The maximum absolute atomic E-state index is 8.29. The minimum Gasteiger partial charge on any atom is -0.168 e.